The second-order valence-corrected chi connectivity index (χ2v) is 8.98. The Bertz CT molecular complexity index is 1530. The first-order chi connectivity index (χ1) is 16.8. The van der Waals surface area contributed by atoms with E-state index in [1.54, 1.807) is 0 Å². The van der Waals surface area contributed by atoms with Crippen molar-refractivity contribution >= 4 is 45.3 Å². The number of rotatable bonds is 6. The van der Waals surface area contributed by atoms with Gasteiger partial charge < -0.3 is 14.8 Å². The maximum atomic E-state index is 12.6. The number of fused-ring (bicyclic) bond motifs is 6. The zero-order chi connectivity index (χ0) is 22.9. The van der Waals surface area contributed by atoms with Crippen molar-refractivity contribution in [2.24, 2.45) is 0 Å². The summed E-state index contributed by atoms with van der Waals surface area (Å²) in [6, 6.07) is 21.9. The molecule has 0 unspecified atom stereocenters. The molecule has 5 aromatic rings. The number of imidazole rings is 1. The van der Waals surface area contributed by atoms with Crippen molar-refractivity contribution in [3.05, 3.63) is 72.3 Å². The van der Waals surface area contributed by atoms with Crippen LogP contribution in [0.1, 0.15) is 5.56 Å². The molecule has 34 heavy (non-hydrogen) atoms. The van der Waals surface area contributed by atoms with Crippen LogP contribution in [0.2, 0.25) is 0 Å². The molecule has 0 atom stereocenters. The van der Waals surface area contributed by atoms with Crippen LogP contribution in [0.15, 0.2) is 71.9 Å². The number of para-hydroxylation sites is 3. The normalized spacial score (nSPS) is 12.9. The molecule has 0 saturated heterocycles. The summed E-state index contributed by atoms with van der Waals surface area (Å²) < 4.78 is 13.2. The number of nitrogens with one attached hydrogen (secondary N) is 1. The van der Waals surface area contributed by atoms with Crippen molar-refractivity contribution in [1.29, 1.82) is 0 Å². The molecule has 0 bridgehead atoms. The third-order valence-electron chi connectivity index (χ3n) is 5.79. The van der Waals surface area contributed by atoms with Crippen molar-refractivity contribution < 1.29 is 14.3 Å². The Morgan fingerprint density at radius 1 is 0.941 bits per heavy atom. The van der Waals surface area contributed by atoms with Gasteiger partial charge in [-0.1, -0.05) is 42.1 Å². The van der Waals surface area contributed by atoms with Crippen LogP contribution >= 0.6 is 11.8 Å². The van der Waals surface area contributed by atoms with Gasteiger partial charge in [0.05, 0.1) is 22.3 Å². The van der Waals surface area contributed by atoms with Gasteiger partial charge in [-0.05, 0) is 48.4 Å². The van der Waals surface area contributed by atoms with E-state index in [0.717, 1.165) is 56.2 Å². The second kappa shape index (κ2) is 8.87. The minimum atomic E-state index is -0.0323. The lowest BCUT2D eigenvalue weighted by Crippen LogP contribution is -2.27. The monoisotopic (exact) mass is 470 g/mol. The van der Waals surface area contributed by atoms with E-state index in [1.807, 2.05) is 71.1 Å². The molecule has 3 aromatic carbocycles. The topological polar surface area (TPSA) is 77.8 Å². The number of hydrogen-bond donors (Lipinski definition) is 1. The zero-order valence-corrected chi connectivity index (χ0v) is 19.2. The van der Waals surface area contributed by atoms with Crippen LogP contribution in [-0.2, 0) is 11.2 Å². The Morgan fingerprint density at radius 2 is 1.74 bits per heavy atom. The highest BCUT2D eigenvalue weighted by molar-refractivity contribution is 7.99. The van der Waals surface area contributed by atoms with Crippen molar-refractivity contribution in [2.45, 2.75) is 11.6 Å². The maximum absolute atomic E-state index is 12.6. The van der Waals surface area contributed by atoms with E-state index < -0.39 is 0 Å². The fraction of sp³-hybridized carbons (Fsp3) is 0.192. The molecule has 1 aliphatic rings. The first kappa shape index (κ1) is 20.8. The molecule has 8 heteroatoms. The lowest BCUT2D eigenvalue weighted by molar-refractivity contribution is -0.118. The third-order valence-corrected chi connectivity index (χ3v) is 6.73. The van der Waals surface area contributed by atoms with Crippen LogP contribution in [0.4, 0.5) is 0 Å². The van der Waals surface area contributed by atoms with Gasteiger partial charge in [0.1, 0.15) is 18.9 Å². The molecule has 0 aliphatic carbocycles. The van der Waals surface area contributed by atoms with E-state index in [9.17, 15) is 4.79 Å². The predicted molar refractivity (Wildman–Crippen MR) is 133 cm³/mol. The van der Waals surface area contributed by atoms with Crippen LogP contribution < -0.4 is 14.8 Å². The average Bonchev–Trinajstić information content (AvgIpc) is 3.27. The summed E-state index contributed by atoms with van der Waals surface area (Å²) in [5, 5.41) is 4.76. The number of amides is 1. The van der Waals surface area contributed by atoms with Gasteiger partial charge in [-0.2, -0.15) is 0 Å². The van der Waals surface area contributed by atoms with E-state index in [1.165, 1.54) is 11.8 Å². The smallest absolute Gasteiger partial charge is 0.230 e. The number of carbonyl (C=O) groups excluding carboxylic acids is 1. The van der Waals surface area contributed by atoms with Crippen molar-refractivity contribution in [3.8, 4) is 11.5 Å². The van der Waals surface area contributed by atoms with Gasteiger partial charge >= 0.3 is 0 Å². The van der Waals surface area contributed by atoms with E-state index in [4.69, 9.17) is 19.4 Å². The Hall–Kier alpha value is -3.78. The van der Waals surface area contributed by atoms with E-state index >= 15 is 0 Å². The van der Waals surface area contributed by atoms with Crippen LogP contribution in [0.5, 0.6) is 11.5 Å². The molecule has 170 valence electrons. The lowest BCUT2D eigenvalue weighted by atomic mass is 10.1. The number of nitrogens with zero attached hydrogens (tertiary/aromatic N) is 3. The van der Waals surface area contributed by atoms with Crippen LogP contribution in [0, 0.1) is 0 Å². The molecular formula is C26H22N4O3S. The number of hydrogen-bond acceptors (Lipinski definition) is 6. The quantitative estimate of drug-likeness (QED) is 0.295. The number of benzene rings is 3. The van der Waals surface area contributed by atoms with Gasteiger partial charge in [0.25, 0.3) is 0 Å². The Balaban J connectivity index is 1.17. The van der Waals surface area contributed by atoms with E-state index in [-0.39, 0.29) is 11.7 Å². The molecule has 0 fully saturated rings. The van der Waals surface area contributed by atoms with Gasteiger partial charge in [0, 0.05) is 11.9 Å². The van der Waals surface area contributed by atoms with Crippen LogP contribution in [0.25, 0.3) is 27.6 Å². The molecule has 6 rings (SSSR count). The van der Waals surface area contributed by atoms with Gasteiger partial charge in [-0.15, -0.1) is 0 Å². The van der Waals surface area contributed by atoms with Crippen LogP contribution in [-0.4, -0.2) is 45.8 Å². The van der Waals surface area contributed by atoms with Crippen molar-refractivity contribution in [1.82, 2.24) is 19.7 Å². The first-order valence-corrected chi connectivity index (χ1v) is 12.2. The second-order valence-electron chi connectivity index (χ2n) is 8.04. The van der Waals surface area contributed by atoms with Crippen LogP contribution in [0.3, 0.4) is 0 Å². The molecular weight excluding hydrogens is 448 g/mol. The Labute approximate surface area is 200 Å². The third kappa shape index (κ3) is 3.90. The van der Waals surface area contributed by atoms with Gasteiger partial charge in [-0.3, -0.25) is 9.20 Å². The summed E-state index contributed by atoms with van der Waals surface area (Å²) in [6.45, 7) is 1.69. The highest BCUT2D eigenvalue weighted by Gasteiger charge is 2.15. The molecule has 1 amide bonds. The summed E-state index contributed by atoms with van der Waals surface area (Å²) in [6.07, 6.45) is 0.720. The SMILES string of the molecule is O=C(CSc1nc2ccccc2c2nc3ccccc3n12)NCCc1ccc2c(c1)OCCO2. The van der Waals surface area contributed by atoms with Gasteiger partial charge in [0.2, 0.25) is 5.91 Å². The highest BCUT2D eigenvalue weighted by Crippen LogP contribution is 2.31. The first-order valence-electron chi connectivity index (χ1n) is 11.2. The van der Waals surface area contributed by atoms with Gasteiger partial charge in [-0.25, -0.2) is 9.97 Å². The van der Waals surface area contributed by atoms with Crippen molar-refractivity contribution in [3.63, 3.8) is 0 Å². The van der Waals surface area contributed by atoms with Gasteiger partial charge in [0.15, 0.2) is 16.7 Å². The molecule has 1 N–H and O–H groups in total. The Kier molecular flexibility index (Phi) is 5.43. The number of thioether (sulfide) groups is 1. The minimum absolute atomic E-state index is 0.0323. The van der Waals surface area contributed by atoms with Crippen molar-refractivity contribution in [2.75, 3.05) is 25.5 Å². The minimum Gasteiger partial charge on any atom is -0.486 e. The summed E-state index contributed by atoms with van der Waals surface area (Å²) in [4.78, 5) is 22.3. The maximum Gasteiger partial charge on any atom is 0.230 e. The standard InChI is InChI=1S/C26H22N4O3S/c31-24(27-12-11-17-9-10-22-23(15-17)33-14-13-32-22)16-34-26-29-19-6-2-1-5-18(19)25-28-20-7-3-4-8-21(20)30(25)26/h1-10,15H,11-14,16H2,(H,27,31). The summed E-state index contributed by atoms with van der Waals surface area (Å²) in [7, 11) is 0. The number of carbonyl (C=O) groups is 1. The number of aromatic nitrogens is 3. The summed E-state index contributed by atoms with van der Waals surface area (Å²) in [5.74, 6) is 1.78. The van der Waals surface area contributed by atoms with E-state index in [0.29, 0.717) is 19.8 Å². The lowest BCUT2D eigenvalue weighted by Gasteiger charge is -2.18. The fourth-order valence-electron chi connectivity index (χ4n) is 4.18. The summed E-state index contributed by atoms with van der Waals surface area (Å²) >= 11 is 1.42. The zero-order valence-electron chi connectivity index (χ0n) is 18.4. The molecule has 0 saturated carbocycles. The fourth-order valence-corrected chi connectivity index (χ4v) is 5.02. The molecule has 0 spiro atoms. The average molecular weight is 471 g/mol. The van der Waals surface area contributed by atoms with E-state index in [2.05, 4.69) is 5.32 Å². The summed E-state index contributed by atoms with van der Waals surface area (Å²) in [5.41, 5.74) is 4.71. The molecule has 3 heterocycles. The molecule has 2 aromatic heterocycles. The Morgan fingerprint density at radius 3 is 2.65 bits per heavy atom. The highest BCUT2D eigenvalue weighted by atomic mass is 32.2. The molecule has 1 aliphatic heterocycles. The molecule has 7 nitrogen and oxygen atoms in total. The largest absolute Gasteiger partial charge is 0.486 e. The molecule has 0 radical (unpaired) electrons. The number of ether oxygens (including phenoxy) is 2. The predicted octanol–water partition coefficient (Wildman–Crippen LogP) is 4.26.